The molecule has 14 nitrogen and oxygen atoms in total. The smallest absolute Gasteiger partial charge is 0.308 e. The molecule has 0 spiro atoms. The van der Waals surface area contributed by atoms with Crippen molar-refractivity contribution in [2.45, 2.75) is 128 Å². The Labute approximate surface area is 329 Å². The predicted octanol–water partition coefficient (Wildman–Crippen LogP) is 5.42. The third-order valence-corrected chi connectivity index (χ3v) is 12.9. The number of methoxy groups -OCH3 is 4. The van der Waals surface area contributed by atoms with Crippen molar-refractivity contribution in [1.29, 1.82) is 0 Å². The van der Waals surface area contributed by atoms with Gasteiger partial charge in [0.05, 0.1) is 79.5 Å². The first kappa shape index (κ1) is 41.1. The normalized spacial score (nSPS) is 28.9. The summed E-state index contributed by atoms with van der Waals surface area (Å²) in [6.07, 6.45) is 6.74. The lowest BCUT2D eigenvalue weighted by atomic mass is 9.95. The van der Waals surface area contributed by atoms with Crippen molar-refractivity contribution in [3.8, 4) is 34.5 Å². The van der Waals surface area contributed by atoms with Crippen LogP contribution in [0.2, 0.25) is 0 Å². The van der Waals surface area contributed by atoms with E-state index in [9.17, 15) is 19.2 Å². The van der Waals surface area contributed by atoms with E-state index in [-0.39, 0.29) is 48.5 Å². The number of hydrogen-bond acceptors (Lipinski definition) is 12. The Morgan fingerprint density at radius 1 is 0.536 bits per heavy atom. The van der Waals surface area contributed by atoms with Crippen molar-refractivity contribution in [2.24, 2.45) is 0 Å². The van der Waals surface area contributed by atoms with Crippen LogP contribution in [0.3, 0.4) is 0 Å². The Bertz CT molecular complexity index is 1600. The number of fused-ring (bicyclic) bond motifs is 4. The molecule has 4 unspecified atom stereocenters. The fourth-order valence-electron chi connectivity index (χ4n) is 10.1. The summed E-state index contributed by atoms with van der Waals surface area (Å²) < 4.78 is 46.6. The maximum Gasteiger partial charge on any atom is 0.308 e. The van der Waals surface area contributed by atoms with Crippen LogP contribution in [0.4, 0.5) is 0 Å². The molecule has 6 rings (SSSR count). The highest BCUT2D eigenvalue weighted by molar-refractivity contribution is 5.78. The molecule has 4 aliphatic heterocycles. The Balaban J connectivity index is 0.985. The number of piperidine rings is 2. The molecule has 14 heteroatoms. The van der Waals surface area contributed by atoms with E-state index in [0.29, 0.717) is 47.2 Å². The number of carbonyl (C=O) groups excluding carboxylic acids is 4. The maximum absolute atomic E-state index is 13.0. The minimum absolute atomic E-state index is 0.00851. The summed E-state index contributed by atoms with van der Waals surface area (Å²) in [7, 11) is 10.7. The van der Waals surface area contributed by atoms with E-state index in [4.69, 9.17) is 37.9 Å². The number of quaternary nitrogens is 2. The van der Waals surface area contributed by atoms with Gasteiger partial charge in [0, 0.05) is 76.3 Å². The summed E-state index contributed by atoms with van der Waals surface area (Å²) in [5, 5.41) is 0. The zero-order chi connectivity index (χ0) is 40.4. The zero-order valence-corrected chi connectivity index (χ0v) is 34.1. The van der Waals surface area contributed by atoms with E-state index in [1.165, 1.54) is 42.3 Å². The van der Waals surface area contributed by atoms with Gasteiger partial charge in [-0.15, -0.1) is 0 Å². The molecule has 0 N–H and O–H groups in total. The molecule has 4 fully saturated rings. The number of esters is 4. The zero-order valence-electron chi connectivity index (χ0n) is 34.1. The first-order valence-electron chi connectivity index (χ1n) is 19.6. The van der Waals surface area contributed by atoms with Gasteiger partial charge in [0.25, 0.3) is 0 Å². The van der Waals surface area contributed by atoms with E-state index in [0.717, 1.165) is 84.5 Å². The van der Waals surface area contributed by atoms with Gasteiger partial charge in [-0.25, -0.2) is 0 Å². The molecule has 4 saturated heterocycles. The van der Waals surface area contributed by atoms with Crippen LogP contribution in [-0.4, -0.2) is 112 Å². The topological polar surface area (TPSA) is 142 Å². The van der Waals surface area contributed by atoms with Gasteiger partial charge in [-0.05, 0) is 24.3 Å². The molecular weight excluding hydrogens is 724 g/mol. The predicted molar refractivity (Wildman–Crippen MR) is 203 cm³/mol. The molecule has 56 heavy (non-hydrogen) atoms. The van der Waals surface area contributed by atoms with Crippen LogP contribution in [-0.2, 0) is 41.7 Å². The number of hydrogen-bond donors (Lipinski definition) is 0. The van der Waals surface area contributed by atoms with Crippen LogP contribution in [0.1, 0.15) is 89.2 Å². The summed E-state index contributed by atoms with van der Waals surface area (Å²) in [6, 6.07) is 8.80. The van der Waals surface area contributed by atoms with Gasteiger partial charge in [-0.2, -0.15) is 0 Å². The first-order valence-corrected chi connectivity index (χ1v) is 19.6. The van der Waals surface area contributed by atoms with Crippen molar-refractivity contribution in [2.75, 3.05) is 42.5 Å². The quantitative estimate of drug-likeness (QED) is 0.129. The van der Waals surface area contributed by atoms with Gasteiger partial charge < -0.3 is 46.9 Å². The van der Waals surface area contributed by atoms with Gasteiger partial charge in [0.1, 0.15) is 25.3 Å². The second-order valence-corrected chi connectivity index (χ2v) is 16.3. The van der Waals surface area contributed by atoms with Gasteiger partial charge in [0.15, 0.2) is 23.0 Å². The van der Waals surface area contributed by atoms with Crippen molar-refractivity contribution in [1.82, 2.24) is 0 Å². The molecule has 8 atom stereocenters. The molecule has 0 amide bonds. The molecule has 0 aliphatic carbocycles. The van der Waals surface area contributed by atoms with Crippen molar-refractivity contribution in [3.63, 3.8) is 0 Å². The third-order valence-electron chi connectivity index (χ3n) is 12.9. The van der Waals surface area contributed by atoms with E-state index in [1.54, 1.807) is 0 Å². The van der Waals surface area contributed by atoms with Crippen molar-refractivity contribution in [3.05, 3.63) is 35.4 Å². The largest absolute Gasteiger partial charge is 0.493 e. The van der Waals surface area contributed by atoms with E-state index < -0.39 is 11.9 Å². The molecule has 0 aromatic heterocycles. The van der Waals surface area contributed by atoms with Crippen LogP contribution >= 0.6 is 0 Å². The van der Waals surface area contributed by atoms with E-state index in [2.05, 4.69) is 14.1 Å². The highest BCUT2D eigenvalue weighted by Crippen LogP contribution is 2.47. The van der Waals surface area contributed by atoms with Crippen molar-refractivity contribution < 1.29 is 66.0 Å². The van der Waals surface area contributed by atoms with E-state index >= 15 is 0 Å². The van der Waals surface area contributed by atoms with Crippen LogP contribution in [0, 0.1) is 0 Å². The first-order chi connectivity index (χ1) is 26.7. The maximum atomic E-state index is 13.0. The molecule has 4 aliphatic rings. The molecule has 2 aromatic rings. The van der Waals surface area contributed by atoms with Gasteiger partial charge >= 0.3 is 23.9 Å². The third kappa shape index (κ3) is 8.56. The lowest BCUT2D eigenvalue weighted by molar-refractivity contribution is -0.961. The highest BCUT2D eigenvalue weighted by atomic mass is 16.6. The fourth-order valence-corrected chi connectivity index (χ4v) is 10.1. The number of benzene rings is 2. The van der Waals surface area contributed by atoms with Crippen molar-refractivity contribution >= 4 is 23.9 Å². The number of nitrogens with zero attached hydrogens (tertiary/aromatic N) is 2. The Morgan fingerprint density at radius 3 is 1.07 bits per heavy atom. The van der Waals surface area contributed by atoms with Crippen LogP contribution in [0.15, 0.2) is 24.3 Å². The lowest BCUT2D eigenvalue weighted by Crippen LogP contribution is -2.58. The fraction of sp³-hybridized carbons (Fsp3) is 0.619. The van der Waals surface area contributed by atoms with Gasteiger partial charge in [0.2, 0.25) is 11.5 Å². The number of ether oxygens (including phenoxy) is 8. The second-order valence-electron chi connectivity index (χ2n) is 16.3. The monoisotopic (exact) mass is 782 g/mol. The molecule has 4 heterocycles. The standard InChI is InChI=1S/C42H58N2O12/c1-25(45)53-41-35(49-5)15-27(16-36(41)50-6)23-43(3)29-9-10-30(43)20-33(19-29)55-39(47)13-14-40(48)56-34-21-31-11-12-32(22-34)44(31,4)24-28-17-37(51-7)42(54-26(2)46)38(18-28)52-8/h15-18,29-34H,9-14,19-24H2,1-8H3/q+2/t29-,30+,31-,32+,33?,34?,43?,44?. The minimum Gasteiger partial charge on any atom is -0.493 e. The molecule has 306 valence electrons. The summed E-state index contributed by atoms with van der Waals surface area (Å²) in [5.41, 5.74) is 2.01. The van der Waals surface area contributed by atoms with E-state index in [1.807, 2.05) is 24.3 Å². The van der Waals surface area contributed by atoms with Crippen LogP contribution in [0.25, 0.3) is 0 Å². The van der Waals surface area contributed by atoms with Crippen LogP contribution < -0.4 is 28.4 Å². The molecule has 2 aromatic carbocycles. The molecule has 4 bridgehead atoms. The highest BCUT2D eigenvalue weighted by Gasteiger charge is 2.54. The van der Waals surface area contributed by atoms with Crippen LogP contribution in [0.5, 0.6) is 34.5 Å². The molecule has 0 radical (unpaired) electrons. The Kier molecular flexibility index (Phi) is 12.4. The van der Waals surface area contributed by atoms with Gasteiger partial charge in [-0.1, -0.05) is 0 Å². The Morgan fingerprint density at radius 2 is 0.821 bits per heavy atom. The SMILES string of the molecule is COc1cc(C[N+]2(C)[C@@H]3CC[C@H]2CC(OC(=O)CCC(=O)OC2C[C@H]4CC[C@@H](C2)[N+]4(C)Cc2cc(OC)c(OC(C)=O)c(OC)c2)C3)cc(OC)c1OC(C)=O. The average molecular weight is 783 g/mol. The average Bonchev–Trinajstić information content (AvgIpc) is 3.38. The lowest BCUT2D eigenvalue weighted by Gasteiger charge is -2.47. The number of carbonyl (C=O) groups is 4. The summed E-state index contributed by atoms with van der Waals surface area (Å²) in [6.45, 7) is 4.13. The Hall–Kier alpha value is -4.56. The molecule has 0 saturated carbocycles. The second kappa shape index (κ2) is 16.9. The summed E-state index contributed by atoms with van der Waals surface area (Å²) >= 11 is 0. The van der Waals surface area contributed by atoms with Gasteiger partial charge in [-0.3, -0.25) is 19.2 Å². The summed E-state index contributed by atoms with van der Waals surface area (Å²) in [4.78, 5) is 49.5. The molecular formula is C42H58N2O12+2. The number of rotatable bonds is 15. The summed E-state index contributed by atoms with van der Waals surface area (Å²) in [5.74, 6) is 0.641. The minimum atomic E-state index is -0.456.